The van der Waals surface area contributed by atoms with E-state index in [1.165, 1.54) is 0 Å². The summed E-state index contributed by atoms with van der Waals surface area (Å²) < 4.78 is 57.5. The molecule has 0 saturated carbocycles. The zero-order valence-corrected chi connectivity index (χ0v) is 13.4. The standard InChI is InChI=1S/C17H24F4/c1-6-10(7-2)11-13(18)15(20)12(16(21)14(11)19)17(5,8-3)9-4/h10H,6-9H2,1-5H3. The van der Waals surface area contributed by atoms with Gasteiger partial charge < -0.3 is 0 Å². The SMILES string of the molecule is CCC(CC)c1c(F)c(F)c(C(C)(CC)CC)c(F)c1F. The molecule has 0 aliphatic rings. The minimum Gasteiger partial charge on any atom is -0.203 e. The molecule has 0 spiro atoms. The summed E-state index contributed by atoms with van der Waals surface area (Å²) in [6, 6.07) is 0. The molecular weight excluding hydrogens is 280 g/mol. The summed E-state index contributed by atoms with van der Waals surface area (Å²) in [7, 11) is 0. The lowest BCUT2D eigenvalue weighted by Gasteiger charge is -2.29. The molecule has 1 aromatic rings. The molecule has 0 atom stereocenters. The van der Waals surface area contributed by atoms with Crippen LogP contribution in [0.3, 0.4) is 0 Å². The molecule has 1 aromatic carbocycles. The third kappa shape index (κ3) is 2.95. The first-order valence-electron chi connectivity index (χ1n) is 7.65. The minimum atomic E-state index is -1.23. The summed E-state index contributed by atoms with van der Waals surface area (Å²) in [5.41, 5.74) is -1.83. The van der Waals surface area contributed by atoms with Crippen molar-refractivity contribution in [3.63, 3.8) is 0 Å². The van der Waals surface area contributed by atoms with E-state index < -0.39 is 45.7 Å². The average Bonchev–Trinajstić information content (AvgIpc) is 2.49. The molecule has 0 aromatic heterocycles. The van der Waals surface area contributed by atoms with Crippen LogP contribution in [0, 0.1) is 23.3 Å². The van der Waals surface area contributed by atoms with Gasteiger partial charge in [-0.2, -0.15) is 0 Å². The van der Waals surface area contributed by atoms with Crippen molar-refractivity contribution < 1.29 is 17.6 Å². The van der Waals surface area contributed by atoms with Gasteiger partial charge >= 0.3 is 0 Å². The van der Waals surface area contributed by atoms with E-state index >= 15 is 0 Å². The summed E-state index contributed by atoms with van der Waals surface area (Å²) in [5.74, 6) is -5.45. The van der Waals surface area contributed by atoms with Gasteiger partial charge in [-0.15, -0.1) is 0 Å². The van der Waals surface area contributed by atoms with Crippen LogP contribution in [0.15, 0.2) is 0 Å². The smallest absolute Gasteiger partial charge is 0.166 e. The predicted octanol–water partition coefficient (Wildman–Crippen LogP) is 6.22. The molecule has 0 radical (unpaired) electrons. The van der Waals surface area contributed by atoms with Crippen molar-refractivity contribution in [3.05, 3.63) is 34.4 Å². The zero-order chi connectivity index (χ0) is 16.4. The van der Waals surface area contributed by atoms with Crippen molar-refractivity contribution in [3.8, 4) is 0 Å². The van der Waals surface area contributed by atoms with E-state index in [2.05, 4.69) is 0 Å². The normalized spacial score (nSPS) is 12.3. The van der Waals surface area contributed by atoms with Crippen LogP contribution in [-0.4, -0.2) is 0 Å². The Morgan fingerprint density at radius 2 is 1.14 bits per heavy atom. The lowest BCUT2D eigenvalue weighted by atomic mass is 9.76. The molecule has 0 amide bonds. The quantitative estimate of drug-likeness (QED) is 0.432. The van der Waals surface area contributed by atoms with Gasteiger partial charge in [-0.3, -0.25) is 0 Å². The lowest BCUT2D eigenvalue weighted by molar-refractivity contribution is 0.348. The fourth-order valence-corrected chi connectivity index (χ4v) is 2.84. The third-order valence-electron chi connectivity index (χ3n) is 4.86. The Bertz CT molecular complexity index is 471. The highest BCUT2D eigenvalue weighted by Crippen LogP contribution is 2.40. The van der Waals surface area contributed by atoms with Crippen LogP contribution in [0.1, 0.15) is 77.3 Å². The minimum absolute atomic E-state index is 0.403. The van der Waals surface area contributed by atoms with Crippen molar-refractivity contribution in [1.29, 1.82) is 0 Å². The first-order valence-corrected chi connectivity index (χ1v) is 7.65. The molecule has 0 nitrogen and oxygen atoms in total. The molecule has 0 saturated heterocycles. The number of rotatable bonds is 6. The van der Waals surface area contributed by atoms with Crippen LogP contribution < -0.4 is 0 Å². The van der Waals surface area contributed by atoms with E-state index in [4.69, 9.17) is 0 Å². The highest BCUT2D eigenvalue weighted by molar-refractivity contribution is 5.36. The van der Waals surface area contributed by atoms with Crippen LogP contribution in [0.5, 0.6) is 0 Å². The summed E-state index contributed by atoms with van der Waals surface area (Å²) >= 11 is 0. The van der Waals surface area contributed by atoms with Crippen LogP contribution in [0.2, 0.25) is 0 Å². The molecule has 0 fully saturated rings. The first kappa shape index (κ1) is 18.0. The van der Waals surface area contributed by atoms with Crippen LogP contribution in [0.25, 0.3) is 0 Å². The molecule has 0 unspecified atom stereocenters. The maximum absolute atomic E-state index is 14.4. The summed E-state index contributed by atoms with van der Waals surface area (Å²) in [6.45, 7) is 8.64. The van der Waals surface area contributed by atoms with Gasteiger partial charge in [0.1, 0.15) is 0 Å². The predicted molar refractivity (Wildman–Crippen MR) is 77.5 cm³/mol. The Kier molecular flexibility index (Phi) is 5.83. The van der Waals surface area contributed by atoms with Gasteiger partial charge in [0.05, 0.1) is 0 Å². The van der Waals surface area contributed by atoms with Gasteiger partial charge in [0.15, 0.2) is 23.3 Å². The monoisotopic (exact) mass is 304 g/mol. The number of benzene rings is 1. The fourth-order valence-electron chi connectivity index (χ4n) is 2.84. The van der Waals surface area contributed by atoms with Crippen molar-refractivity contribution in [2.24, 2.45) is 0 Å². The molecular formula is C17H24F4. The second kappa shape index (κ2) is 6.80. The van der Waals surface area contributed by atoms with E-state index in [1.807, 2.05) is 0 Å². The molecule has 4 heteroatoms. The molecule has 21 heavy (non-hydrogen) atoms. The van der Waals surface area contributed by atoms with Crippen LogP contribution >= 0.6 is 0 Å². The largest absolute Gasteiger partial charge is 0.203 e. The third-order valence-corrected chi connectivity index (χ3v) is 4.86. The number of halogens is 4. The zero-order valence-electron chi connectivity index (χ0n) is 13.4. The van der Waals surface area contributed by atoms with Crippen LogP contribution in [-0.2, 0) is 5.41 Å². The molecule has 0 bridgehead atoms. The fraction of sp³-hybridized carbons (Fsp3) is 0.647. The lowest BCUT2D eigenvalue weighted by Crippen LogP contribution is -2.26. The Morgan fingerprint density at radius 1 is 0.762 bits per heavy atom. The summed E-state index contributed by atoms with van der Waals surface area (Å²) in [4.78, 5) is 0. The Morgan fingerprint density at radius 3 is 1.43 bits per heavy atom. The Balaban J connectivity index is 3.69. The summed E-state index contributed by atoms with van der Waals surface area (Å²) in [6.07, 6.45) is 1.67. The van der Waals surface area contributed by atoms with Crippen molar-refractivity contribution in [2.45, 2.75) is 71.6 Å². The second-order valence-corrected chi connectivity index (χ2v) is 5.83. The maximum Gasteiger partial charge on any atom is 0.166 e. The highest BCUT2D eigenvalue weighted by Gasteiger charge is 2.36. The highest BCUT2D eigenvalue weighted by atomic mass is 19.2. The molecule has 1 rings (SSSR count). The van der Waals surface area contributed by atoms with Crippen molar-refractivity contribution >= 4 is 0 Å². The van der Waals surface area contributed by atoms with Gasteiger partial charge in [0, 0.05) is 11.1 Å². The van der Waals surface area contributed by atoms with E-state index in [1.54, 1.807) is 34.6 Å². The van der Waals surface area contributed by atoms with E-state index in [0.29, 0.717) is 25.7 Å². The molecule has 0 heterocycles. The Labute approximate surface area is 124 Å². The average molecular weight is 304 g/mol. The molecule has 0 N–H and O–H groups in total. The van der Waals surface area contributed by atoms with E-state index in [0.717, 1.165) is 0 Å². The second-order valence-electron chi connectivity index (χ2n) is 5.83. The summed E-state index contributed by atoms with van der Waals surface area (Å²) in [5, 5.41) is 0. The van der Waals surface area contributed by atoms with Gasteiger partial charge in [-0.05, 0) is 37.0 Å². The van der Waals surface area contributed by atoms with Crippen molar-refractivity contribution in [1.82, 2.24) is 0 Å². The molecule has 0 aliphatic carbocycles. The maximum atomic E-state index is 14.4. The number of hydrogen-bond acceptors (Lipinski definition) is 0. The Hall–Kier alpha value is -1.06. The molecule has 0 aliphatic heterocycles. The number of hydrogen-bond donors (Lipinski definition) is 0. The van der Waals surface area contributed by atoms with E-state index in [-0.39, 0.29) is 0 Å². The molecule has 120 valence electrons. The van der Waals surface area contributed by atoms with E-state index in [9.17, 15) is 17.6 Å². The van der Waals surface area contributed by atoms with Crippen molar-refractivity contribution in [2.75, 3.05) is 0 Å². The van der Waals surface area contributed by atoms with Gasteiger partial charge in [-0.25, -0.2) is 17.6 Å². The van der Waals surface area contributed by atoms with Gasteiger partial charge in [0.2, 0.25) is 0 Å². The van der Waals surface area contributed by atoms with Gasteiger partial charge in [0.25, 0.3) is 0 Å². The first-order chi connectivity index (χ1) is 9.78. The topological polar surface area (TPSA) is 0 Å². The van der Waals surface area contributed by atoms with Crippen LogP contribution in [0.4, 0.5) is 17.6 Å². The van der Waals surface area contributed by atoms with Gasteiger partial charge in [-0.1, -0.05) is 34.6 Å².